The summed E-state index contributed by atoms with van der Waals surface area (Å²) < 4.78 is 7.52. The summed E-state index contributed by atoms with van der Waals surface area (Å²) in [5.41, 5.74) is 0. The zero-order valence-corrected chi connectivity index (χ0v) is 9.89. The van der Waals surface area contributed by atoms with Crippen molar-refractivity contribution in [2.45, 2.75) is 39.2 Å². The maximum atomic E-state index is 5.35. The minimum Gasteiger partial charge on any atom is -0.467 e. The number of rotatable bonds is 5. The van der Waals surface area contributed by atoms with Crippen LogP contribution in [0, 0.1) is 0 Å². The summed E-state index contributed by atoms with van der Waals surface area (Å²) in [6, 6.07) is 3.91. The fourth-order valence-corrected chi connectivity index (χ4v) is 2.02. The molecule has 1 unspecified atom stereocenters. The fraction of sp³-hybridized carbons (Fsp3) is 0.462. The van der Waals surface area contributed by atoms with Crippen molar-refractivity contribution < 1.29 is 4.42 Å². The SMILES string of the molecule is CCCC(C)c1nccn1Cc1ccco1. The van der Waals surface area contributed by atoms with Crippen LogP contribution in [0.5, 0.6) is 0 Å². The van der Waals surface area contributed by atoms with Crippen LogP contribution in [0.3, 0.4) is 0 Å². The van der Waals surface area contributed by atoms with E-state index in [1.54, 1.807) is 6.26 Å². The van der Waals surface area contributed by atoms with Gasteiger partial charge in [-0.2, -0.15) is 0 Å². The van der Waals surface area contributed by atoms with Crippen LogP contribution >= 0.6 is 0 Å². The Balaban J connectivity index is 2.13. The lowest BCUT2D eigenvalue weighted by atomic mass is 10.1. The van der Waals surface area contributed by atoms with Gasteiger partial charge in [0, 0.05) is 18.3 Å². The van der Waals surface area contributed by atoms with Crippen molar-refractivity contribution in [3.8, 4) is 0 Å². The lowest BCUT2D eigenvalue weighted by Crippen LogP contribution is -2.07. The molecule has 0 bridgehead atoms. The minimum atomic E-state index is 0.509. The maximum Gasteiger partial charge on any atom is 0.123 e. The molecule has 0 amide bonds. The molecule has 2 rings (SSSR count). The Kier molecular flexibility index (Phi) is 3.44. The standard InChI is InChI=1S/C13H18N2O/c1-3-5-11(2)13-14-7-8-15(13)10-12-6-4-9-16-12/h4,6-9,11H,3,5,10H2,1-2H3. The molecular formula is C13H18N2O. The van der Waals surface area contributed by atoms with Gasteiger partial charge >= 0.3 is 0 Å². The second-order valence-electron chi connectivity index (χ2n) is 4.18. The summed E-state index contributed by atoms with van der Waals surface area (Å²) in [5, 5.41) is 0. The van der Waals surface area contributed by atoms with Gasteiger partial charge in [0.25, 0.3) is 0 Å². The van der Waals surface area contributed by atoms with Crippen LogP contribution < -0.4 is 0 Å². The van der Waals surface area contributed by atoms with Crippen molar-refractivity contribution in [3.63, 3.8) is 0 Å². The highest BCUT2D eigenvalue weighted by molar-refractivity contribution is 5.05. The molecule has 2 aromatic heterocycles. The molecule has 16 heavy (non-hydrogen) atoms. The van der Waals surface area contributed by atoms with E-state index in [-0.39, 0.29) is 0 Å². The third-order valence-electron chi connectivity index (χ3n) is 2.82. The van der Waals surface area contributed by atoms with Gasteiger partial charge in [-0.05, 0) is 18.6 Å². The molecule has 0 fully saturated rings. The first kappa shape index (κ1) is 11.0. The van der Waals surface area contributed by atoms with Crippen LogP contribution in [0.1, 0.15) is 44.2 Å². The van der Waals surface area contributed by atoms with Gasteiger partial charge in [0.05, 0.1) is 12.8 Å². The number of nitrogens with zero attached hydrogens (tertiary/aromatic N) is 2. The van der Waals surface area contributed by atoms with Crippen molar-refractivity contribution in [1.82, 2.24) is 9.55 Å². The molecule has 0 aliphatic heterocycles. The largest absolute Gasteiger partial charge is 0.467 e. The van der Waals surface area contributed by atoms with E-state index in [9.17, 15) is 0 Å². The molecule has 0 radical (unpaired) electrons. The number of imidazole rings is 1. The monoisotopic (exact) mass is 218 g/mol. The Morgan fingerprint density at radius 3 is 3.06 bits per heavy atom. The summed E-state index contributed by atoms with van der Waals surface area (Å²) in [6.45, 7) is 5.21. The van der Waals surface area contributed by atoms with E-state index in [0.717, 1.165) is 18.1 Å². The lowest BCUT2D eigenvalue weighted by Gasteiger charge is -2.12. The van der Waals surface area contributed by atoms with Crippen molar-refractivity contribution in [3.05, 3.63) is 42.4 Å². The highest BCUT2D eigenvalue weighted by Gasteiger charge is 2.11. The minimum absolute atomic E-state index is 0.509. The highest BCUT2D eigenvalue weighted by atomic mass is 16.3. The van der Waals surface area contributed by atoms with Gasteiger partial charge in [-0.3, -0.25) is 0 Å². The van der Waals surface area contributed by atoms with Crippen LogP contribution in [0.4, 0.5) is 0 Å². The van der Waals surface area contributed by atoms with Gasteiger partial charge in [0.15, 0.2) is 0 Å². The molecule has 0 saturated heterocycles. The van der Waals surface area contributed by atoms with Crippen molar-refractivity contribution in [1.29, 1.82) is 0 Å². The second-order valence-corrected chi connectivity index (χ2v) is 4.18. The molecule has 86 valence electrons. The normalized spacial score (nSPS) is 12.9. The molecule has 3 nitrogen and oxygen atoms in total. The fourth-order valence-electron chi connectivity index (χ4n) is 2.02. The molecule has 0 spiro atoms. The number of hydrogen-bond donors (Lipinski definition) is 0. The molecule has 0 aliphatic carbocycles. The zero-order chi connectivity index (χ0) is 11.4. The quantitative estimate of drug-likeness (QED) is 0.769. The number of hydrogen-bond acceptors (Lipinski definition) is 2. The first-order valence-electron chi connectivity index (χ1n) is 5.84. The predicted molar refractivity (Wildman–Crippen MR) is 63.4 cm³/mol. The predicted octanol–water partition coefficient (Wildman–Crippen LogP) is 3.43. The number of aromatic nitrogens is 2. The van der Waals surface area contributed by atoms with Gasteiger partial charge in [-0.15, -0.1) is 0 Å². The average molecular weight is 218 g/mol. The van der Waals surface area contributed by atoms with Crippen molar-refractivity contribution >= 4 is 0 Å². The molecule has 0 aliphatic rings. The molecule has 0 N–H and O–H groups in total. The van der Waals surface area contributed by atoms with Crippen LogP contribution in [-0.4, -0.2) is 9.55 Å². The van der Waals surface area contributed by atoms with Gasteiger partial charge < -0.3 is 8.98 Å². The topological polar surface area (TPSA) is 31.0 Å². The lowest BCUT2D eigenvalue weighted by molar-refractivity contribution is 0.481. The Labute approximate surface area is 96.1 Å². The van der Waals surface area contributed by atoms with Crippen molar-refractivity contribution in [2.24, 2.45) is 0 Å². The Morgan fingerprint density at radius 2 is 2.38 bits per heavy atom. The van der Waals surface area contributed by atoms with E-state index in [1.807, 2.05) is 24.5 Å². The Morgan fingerprint density at radius 1 is 1.50 bits per heavy atom. The van der Waals surface area contributed by atoms with Gasteiger partial charge in [-0.25, -0.2) is 4.98 Å². The molecule has 2 aromatic rings. The highest BCUT2D eigenvalue weighted by Crippen LogP contribution is 2.19. The van der Waals surface area contributed by atoms with Gasteiger partial charge in [-0.1, -0.05) is 20.3 Å². The summed E-state index contributed by atoms with van der Waals surface area (Å²) in [7, 11) is 0. The van der Waals surface area contributed by atoms with Crippen LogP contribution in [-0.2, 0) is 6.54 Å². The summed E-state index contributed by atoms with van der Waals surface area (Å²) in [6.07, 6.45) is 7.96. The summed E-state index contributed by atoms with van der Waals surface area (Å²) in [5.74, 6) is 2.64. The molecule has 0 saturated carbocycles. The first-order chi connectivity index (χ1) is 7.81. The third kappa shape index (κ3) is 2.35. The van der Waals surface area contributed by atoms with E-state index in [1.165, 1.54) is 12.8 Å². The van der Waals surface area contributed by atoms with Crippen LogP contribution in [0.2, 0.25) is 0 Å². The van der Waals surface area contributed by atoms with E-state index in [0.29, 0.717) is 5.92 Å². The van der Waals surface area contributed by atoms with Crippen LogP contribution in [0.25, 0.3) is 0 Å². The first-order valence-corrected chi connectivity index (χ1v) is 5.84. The molecule has 0 aromatic carbocycles. The number of furan rings is 1. The molecule has 3 heteroatoms. The summed E-state index contributed by atoms with van der Waals surface area (Å²) >= 11 is 0. The average Bonchev–Trinajstić information content (AvgIpc) is 2.90. The zero-order valence-electron chi connectivity index (χ0n) is 9.89. The van der Waals surface area contributed by atoms with Crippen molar-refractivity contribution in [2.75, 3.05) is 0 Å². The van der Waals surface area contributed by atoms with E-state index in [4.69, 9.17) is 4.42 Å². The Bertz CT molecular complexity index is 417. The van der Waals surface area contributed by atoms with E-state index >= 15 is 0 Å². The maximum absolute atomic E-state index is 5.35. The van der Waals surface area contributed by atoms with Gasteiger partial charge in [0.2, 0.25) is 0 Å². The molecular weight excluding hydrogens is 200 g/mol. The van der Waals surface area contributed by atoms with Crippen LogP contribution in [0.15, 0.2) is 35.2 Å². The smallest absolute Gasteiger partial charge is 0.123 e. The summed E-state index contributed by atoms with van der Waals surface area (Å²) in [4.78, 5) is 4.44. The van der Waals surface area contributed by atoms with Gasteiger partial charge in [0.1, 0.15) is 11.6 Å². The Hall–Kier alpha value is -1.51. The third-order valence-corrected chi connectivity index (χ3v) is 2.82. The van der Waals surface area contributed by atoms with E-state index < -0.39 is 0 Å². The molecule has 2 heterocycles. The molecule has 1 atom stereocenters. The second kappa shape index (κ2) is 5.01. The van der Waals surface area contributed by atoms with E-state index in [2.05, 4.69) is 23.4 Å².